The maximum absolute atomic E-state index is 13.0. The van der Waals surface area contributed by atoms with Crippen LogP contribution in [-0.2, 0) is 10.0 Å². The molecule has 1 aliphatic rings. The fraction of sp³-hybridized carbons (Fsp3) is 0.407. The predicted molar refractivity (Wildman–Crippen MR) is 156 cm³/mol. The first kappa shape index (κ1) is 27.3. The molecule has 0 spiro atoms. The van der Waals surface area contributed by atoms with E-state index < -0.39 is 10.0 Å². The highest BCUT2D eigenvalue weighted by Gasteiger charge is 2.28. The smallest absolute Gasteiger partial charge is 0.243 e. The fourth-order valence-electron chi connectivity index (χ4n) is 4.43. The highest BCUT2D eigenvalue weighted by molar-refractivity contribution is 7.89. The van der Waals surface area contributed by atoms with E-state index in [1.54, 1.807) is 16.4 Å². The van der Waals surface area contributed by atoms with Crippen LogP contribution in [0.15, 0.2) is 59.5 Å². The van der Waals surface area contributed by atoms with E-state index in [9.17, 15) is 8.42 Å². The Labute approximate surface area is 225 Å². The van der Waals surface area contributed by atoms with Crippen molar-refractivity contribution in [1.29, 1.82) is 0 Å². The number of rotatable bonds is 9. The maximum Gasteiger partial charge on any atom is 0.243 e. The lowest BCUT2D eigenvalue weighted by Crippen LogP contribution is -2.48. The van der Waals surface area contributed by atoms with Crippen LogP contribution >= 0.6 is 12.2 Å². The van der Waals surface area contributed by atoms with Gasteiger partial charge < -0.3 is 20.4 Å². The molecule has 37 heavy (non-hydrogen) atoms. The van der Waals surface area contributed by atoms with E-state index in [2.05, 4.69) is 40.3 Å². The summed E-state index contributed by atoms with van der Waals surface area (Å²) in [5.41, 5.74) is 2.84. The number of fused-ring (bicyclic) bond motifs is 1. The molecule has 0 radical (unpaired) electrons. The van der Waals surface area contributed by atoms with Crippen molar-refractivity contribution in [1.82, 2.24) is 19.5 Å². The number of piperazine rings is 1. The van der Waals surface area contributed by atoms with Gasteiger partial charge in [0.25, 0.3) is 0 Å². The van der Waals surface area contributed by atoms with E-state index in [4.69, 9.17) is 17.2 Å². The molecule has 4 rings (SSSR count). The Hall–Kier alpha value is -2.79. The third kappa shape index (κ3) is 6.75. The number of sulfonamides is 1. The number of hydrogen-bond acceptors (Lipinski definition) is 6. The SMILES string of the molecule is CCN(CC)CCNC(=S)Nc1ccc2nc(N3CCN(S(=O)(=O)c4ccc(C)cc4)CC3)ccc2c1. The average Bonchev–Trinajstić information content (AvgIpc) is 2.91. The zero-order valence-electron chi connectivity index (χ0n) is 21.8. The van der Waals surface area contributed by atoms with Gasteiger partial charge in [0.2, 0.25) is 10.0 Å². The molecule has 1 saturated heterocycles. The number of aryl methyl sites for hydroxylation is 1. The van der Waals surface area contributed by atoms with Crippen molar-refractivity contribution >= 4 is 49.8 Å². The van der Waals surface area contributed by atoms with Crippen molar-refractivity contribution in [2.24, 2.45) is 0 Å². The molecule has 1 aromatic heterocycles. The number of hydrogen-bond donors (Lipinski definition) is 2. The van der Waals surface area contributed by atoms with Gasteiger partial charge in [0.05, 0.1) is 10.4 Å². The van der Waals surface area contributed by atoms with Crippen LogP contribution in [0.3, 0.4) is 0 Å². The molecule has 2 N–H and O–H groups in total. The van der Waals surface area contributed by atoms with Gasteiger partial charge in [-0.05, 0) is 74.7 Å². The van der Waals surface area contributed by atoms with Crippen molar-refractivity contribution < 1.29 is 8.42 Å². The third-order valence-electron chi connectivity index (χ3n) is 6.76. The molecule has 8 nitrogen and oxygen atoms in total. The standard InChI is InChI=1S/C27H36N6O2S2/c1-4-31(5-2)15-14-28-27(36)29-23-9-12-25-22(20-23)8-13-26(30-25)32-16-18-33(19-17-32)37(34,35)24-10-6-21(3)7-11-24/h6-13,20H,4-5,14-19H2,1-3H3,(H2,28,29,36). The van der Waals surface area contributed by atoms with Gasteiger partial charge in [-0.1, -0.05) is 31.5 Å². The first-order valence-electron chi connectivity index (χ1n) is 12.8. The van der Waals surface area contributed by atoms with Gasteiger partial charge in [0.15, 0.2) is 5.11 Å². The molecule has 0 aliphatic carbocycles. The van der Waals surface area contributed by atoms with Gasteiger partial charge in [-0.15, -0.1) is 0 Å². The van der Waals surface area contributed by atoms with E-state index in [0.29, 0.717) is 36.2 Å². The van der Waals surface area contributed by atoms with Crippen molar-refractivity contribution in [3.63, 3.8) is 0 Å². The van der Waals surface area contributed by atoms with Gasteiger partial charge in [-0.25, -0.2) is 13.4 Å². The molecule has 0 amide bonds. The Kier molecular flexibility index (Phi) is 8.96. The summed E-state index contributed by atoms with van der Waals surface area (Å²) in [5.74, 6) is 0.856. The monoisotopic (exact) mass is 540 g/mol. The number of thiocarbonyl (C=S) groups is 1. The number of nitrogens with one attached hydrogen (secondary N) is 2. The number of likely N-dealkylation sites (N-methyl/N-ethyl adjacent to an activating group) is 1. The molecule has 1 aliphatic heterocycles. The number of benzene rings is 2. The predicted octanol–water partition coefficient (Wildman–Crippen LogP) is 3.68. The summed E-state index contributed by atoms with van der Waals surface area (Å²) in [4.78, 5) is 9.67. The van der Waals surface area contributed by atoms with Crippen LogP contribution in [-0.4, -0.2) is 80.1 Å². The fourth-order valence-corrected chi connectivity index (χ4v) is 6.07. The van der Waals surface area contributed by atoms with Crippen LogP contribution in [0.4, 0.5) is 11.5 Å². The molecule has 3 aromatic rings. The first-order valence-corrected chi connectivity index (χ1v) is 14.6. The van der Waals surface area contributed by atoms with Gasteiger partial charge in [0.1, 0.15) is 5.82 Å². The lowest BCUT2D eigenvalue weighted by molar-refractivity contribution is 0.308. The minimum atomic E-state index is -3.49. The summed E-state index contributed by atoms with van der Waals surface area (Å²) in [5, 5.41) is 8.15. The Balaban J connectivity index is 1.34. The summed E-state index contributed by atoms with van der Waals surface area (Å²) < 4.78 is 27.6. The molecule has 0 saturated carbocycles. The van der Waals surface area contributed by atoms with Crippen LogP contribution in [0.1, 0.15) is 19.4 Å². The molecular formula is C27H36N6O2S2. The van der Waals surface area contributed by atoms with Gasteiger partial charge in [-0.3, -0.25) is 0 Å². The topological polar surface area (TPSA) is 80.8 Å². The summed E-state index contributed by atoms with van der Waals surface area (Å²) in [6.07, 6.45) is 0. The largest absolute Gasteiger partial charge is 0.361 e. The van der Waals surface area contributed by atoms with E-state index in [0.717, 1.165) is 54.2 Å². The van der Waals surface area contributed by atoms with E-state index in [1.807, 2.05) is 43.3 Å². The maximum atomic E-state index is 13.0. The molecule has 198 valence electrons. The summed E-state index contributed by atoms with van der Waals surface area (Å²) in [6.45, 7) is 12.1. The Morgan fingerprint density at radius 2 is 1.70 bits per heavy atom. The van der Waals surface area contributed by atoms with E-state index in [-0.39, 0.29) is 0 Å². The second-order valence-electron chi connectivity index (χ2n) is 9.19. The molecular weight excluding hydrogens is 504 g/mol. The molecule has 1 fully saturated rings. The first-order chi connectivity index (χ1) is 17.8. The summed E-state index contributed by atoms with van der Waals surface area (Å²) >= 11 is 5.45. The lowest BCUT2D eigenvalue weighted by Gasteiger charge is -2.34. The highest BCUT2D eigenvalue weighted by atomic mass is 32.2. The van der Waals surface area contributed by atoms with Gasteiger partial charge >= 0.3 is 0 Å². The van der Waals surface area contributed by atoms with Gasteiger partial charge in [0, 0.05) is 50.3 Å². The van der Waals surface area contributed by atoms with Crippen LogP contribution in [0.25, 0.3) is 10.9 Å². The zero-order valence-corrected chi connectivity index (χ0v) is 23.4. The normalized spacial score (nSPS) is 14.8. The molecule has 2 heterocycles. The zero-order chi connectivity index (χ0) is 26.4. The number of nitrogens with zero attached hydrogens (tertiary/aromatic N) is 4. The van der Waals surface area contributed by atoms with E-state index in [1.165, 1.54) is 0 Å². The minimum Gasteiger partial charge on any atom is -0.361 e. The minimum absolute atomic E-state index is 0.346. The molecule has 0 atom stereocenters. The quantitative estimate of drug-likeness (QED) is 0.398. The van der Waals surface area contributed by atoms with Crippen LogP contribution in [0, 0.1) is 6.92 Å². The molecule has 0 unspecified atom stereocenters. The number of aromatic nitrogens is 1. The second-order valence-corrected chi connectivity index (χ2v) is 11.5. The highest BCUT2D eigenvalue weighted by Crippen LogP contribution is 2.24. The van der Waals surface area contributed by atoms with Crippen LogP contribution < -0.4 is 15.5 Å². The van der Waals surface area contributed by atoms with E-state index >= 15 is 0 Å². The van der Waals surface area contributed by atoms with Crippen LogP contribution in [0.2, 0.25) is 0 Å². The lowest BCUT2D eigenvalue weighted by atomic mass is 10.2. The summed E-state index contributed by atoms with van der Waals surface area (Å²) in [6, 6.07) is 17.1. The number of anilines is 2. The third-order valence-corrected chi connectivity index (χ3v) is 8.92. The Morgan fingerprint density at radius 3 is 2.38 bits per heavy atom. The Morgan fingerprint density at radius 1 is 1.00 bits per heavy atom. The van der Waals surface area contributed by atoms with Crippen molar-refractivity contribution in [3.05, 3.63) is 60.2 Å². The Bertz CT molecular complexity index is 1320. The molecule has 10 heteroatoms. The van der Waals surface area contributed by atoms with Crippen molar-refractivity contribution in [2.45, 2.75) is 25.7 Å². The number of pyridine rings is 1. The second kappa shape index (κ2) is 12.2. The van der Waals surface area contributed by atoms with Crippen LogP contribution in [0.5, 0.6) is 0 Å². The summed E-state index contributed by atoms with van der Waals surface area (Å²) in [7, 11) is -3.49. The molecule has 2 aromatic carbocycles. The van der Waals surface area contributed by atoms with Crippen molar-refractivity contribution in [3.8, 4) is 0 Å². The van der Waals surface area contributed by atoms with Crippen molar-refractivity contribution in [2.75, 3.05) is 62.6 Å². The van der Waals surface area contributed by atoms with Gasteiger partial charge in [-0.2, -0.15) is 4.31 Å². The molecule has 0 bridgehead atoms. The average molecular weight is 541 g/mol.